The van der Waals surface area contributed by atoms with Crippen molar-refractivity contribution >= 4 is 131 Å². The molecule has 0 atom stereocenters. The molecule has 0 aliphatic rings. The molecule has 0 spiro atoms. The van der Waals surface area contributed by atoms with Crippen molar-refractivity contribution in [3.8, 4) is 45.0 Å². The zero-order valence-electron chi connectivity index (χ0n) is 63.3. The van der Waals surface area contributed by atoms with Gasteiger partial charge in [0.2, 0.25) is 22.3 Å². The molecule has 504 valence electrons. The van der Waals surface area contributed by atoms with Crippen LogP contribution in [0.2, 0.25) is 0 Å². The van der Waals surface area contributed by atoms with Crippen LogP contribution in [0, 0.1) is 55.3 Å². The fourth-order valence-corrected chi connectivity index (χ4v) is 15.5. The fourth-order valence-electron chi connectivity index (χ4n) is 15.5. The molecular formula is C96H80N4O4+4. The van der Waals surface area contributed by atoms with Crippen LogP contribution in [0.4, 0.5) is 0 Å². The molecule has 20 rings (SSSR count). The standard InChI is InChI=1S/C25H22NO.2C24H20NO.C23H18NO/c1-15-9-10-18-13-22-21(12-19(18)11-15)23-17(3)14-26(4)24(25(23)27-22)20-8-6-5-7-16(20)2;2*1-15-8-9-17-14-22-21(13-18(17)12-15)20-10-11-25(3)23(24(20)26-22)19-7-5-4-6-16(19)2;1-15-7-3-6-10-18(15)22-23-19(11-12-24(22)2)20-13-16-8-4-5-9-17(16)14-21(20)25-23/h5-14H,1-4H3;2*4-14H,1-3H3;3-14H,1-2H3/q4*+1/i3D3;;;. The molecule has 104 heavy (non-hydrogen) atoms. The van der Waals surface area contributed by atoms with E-state index < -0.39 is 6.85 Å². The highest BCUT2D eigenvalue weighted by atomic mass is 16.3. The van der Waals surface area contributed by atoms with E-state index >= 15 is 0 Å². The highest BCUT2D eigenvalue weighted by Crippen LogP contribution is 2.42. The Morgan fingerprint density at radius 1 is 0.250 bits per heavy atom. The Hall–Kier alpha value is -12.5. The van der Waals surface area contributed by atoms with E-state index in [1.165, 1.54) is 104 Å². The number of nitrogens with zero attached hydrogens (tertiary/aromatic N) is 4. The van der Waals surface area contributed by atoms with Crippen LogP contribution in [0.1, 0.15) is 48.6 Å². The van der Waals surface area contributed by atoms with E-state index in [0.717, 1.165) is 94.5 Å². The minimum atomic E-state index is -2.25. The molecule has 0 N–H and O–H groups in total. The lowest BCUT2D eigenvalue weighted by Crippen LogP contribution is -2.31. The van der Waals surface area contributed by atoms with Crippen molar-refractivity contribution in [2.24, 2.45) is 28.2 Å². The van der Waals surface area contributed by atoms with Gasteiger partial charge in [-0.25, -0.2) is 0 Å². The van der Waals surface area contributed by atoms with E-state index in [2.05, 4.69) is 320 Å². The monoisotopic (exact) mass is 1360 g/mol. The smallest absolute Gasteiger partial charge is 0.256 e. The molecule has 8 nitrogen and oxygen atoms in total. The van der Waals surface area contributed by atoms with Gasteiger partial charge in [-0.15, -0.1) is 0 Å². The summed E-state index contributed by atoms with van der Waals surface area (Å²) in [6, 6.07) is 85.0. The molecule has 12 aromatic carbocycles. The zero-order valence-corrected chi connectivity index (χ0v) is 60.3. The second kappa shape index (κ2) is 25.8. The summed E-state index contributed by atoms with van der Waals surface area (Å²) in [5.41, 5.74) is 24.8. The molecule has 0 unspecified atom stereocenters. The lowest BCUT2D eigenvalue weighted by atomic mass is 9.99. The quantitative estimate of drug-likeness (QED) is 0.165. The van der Waals surface area contributed by atoms with Crippen molar-refractivity contribution in [1.82, 2.24) is 0 Å². The van der Waals surface area contributed by atoms with Crippen LogP contribution in [0.5, 0.6) is 0 Å². The summed E-state index contributed by atoms with van der Waals surface area (Å²) in [7, 11) is 8.11. The fraction of sp³-hybridized carbons (Fsp3) is 0.125. The summed E-state index contributed by atoms with van der Waals surface area (Å²) in [4.78, 5) is 0. The van der Waals surface area contributed by atoms with E-state index in [4.69, 9.17) is 21.8 Å². The predicted octanol–water partition coefficient (Wildman–Crippen LogP) is 23.4. The van der Waals surface area contributed by atoms with Crippen molar-refractivity contribution in [3.63, 3.8) is 0 Å². The van der Waals surface area contributed by atoms with E-state index in [1.807, 2.05) is 35.9 Å². The molecular weight excluding hydrogens is 1270 g/mol. The molecule has 0 aliphatic heterocycles. The molecule has 0 aliphatic carbocycles. The normalized spacial score (nSPS) is 12.2. The molecule has 0 fully saturated rings. The first kappa shape index (κ1) is 61.4. The van der Waals surface area contributed by atoms with Crippen LogP contribution >= 0.6 is 0 Å². The second-order valence-electron chi connectivity index (χ2n) is 28.2. The first-order valence-corrected chi connectivity index (χ1v) is 35.5. The highest BCUT2D eigenvalue weighted by molar-refractivity contribution is 6.16. The van der Waals surface area contributed by atoms with Gasteiger partial charge < -0.3 is 17.7 Å². The molecule has 8 heteroatoms. The summed E-state index contributed by atoms with van der Waals surface area (Å²) < 4.78 is 58.3. The lowest BCUT2D eigenvalue weighted by Gasteiger charge is -2.06. The van der Waals surface area contributed by atoms with Crippen molar-refractivity contribution < 1.29 is 40.0 Å². The van der Waals surface area contributed by atoms with Crippen molar-refractivity contribution in [3.05, 3.63) is 312 Å². The maximum atomic E-state index is 8.16. The molecule has 0 amide bonds. The number of hydrogen-bond donors (Lipinski definition) is 0. The van der Waals surface area contributed by atoms with E-state index in [-0.39, 0.29) is 0 Å². The first-order valence-electron chi connectivity index (χ1n) is 37.0. The van der Waals surface area contributed by atoms with Crippen LogP contribution in [0.3, 0.4) is 0 Å². The van der Waals surface area contributed by atoms with Crippen LogP contribution in [-0.2, 0) is 28.2 Å². The van der Waals surface area contributed by atoms with Crippen LogP contribution in [0.15, 0.2) is 285 Å². The van der Waals surface area contributed by atoms with Gasteiger partial charge in [0.05, 0.1) is 22.3 Å². The minimum Gasteiger partial charge on any atom is -0.449 e. The van der Waals surface area contributed by atoms with Crippen LogP contribution in [0.25, 0.3) is 176 Å². The van der Waals surface area contributed by atoms with Gasteiger partial charge in [0.15, 0.2) is 24.8 Å². The third kappa shape index (κ3) is 11.3. The Bertz CT molecular complexity index is 6820. The first-order chi connectivity index (χ1) is 51.7. The Balaban J connectivity index is 0.000000105. The maximum absolute atomic E-state index is 8.16. The van der Waals surface area contributed by atoms with Gasteiger partial charge in [0, 0.05) is 71.0 Å². The maximum Gasteiger partial charge on any atom is 0.256 e. The van der Waals surface area contributed by atoms with Gasteiger partial charge in [0.25, 0.3) is 22.8 Å². The molecule has 20 aromatic rings. The average molecular weight is 1360 g/mol. The summed E-state index contributed by atoms with van der Waals surface area (Å²) in [6.45, 7) is 12.6. The highest BCUT2D eigenvalue weighted by Gasteiger charge is 2.28. The summed E-state index contributed by atoms with van der Waals surface area (Å²) >= 11 is 0. The zero-order chi connectivity index (χ0) is 73.8. The largest absolute Gasteiger partial charge is 0.449 e. The van der Waals surface area contributed by atoms with Crippen molar-refractivity contribution in [2.75, 3.05) is 0 Å². The Labute approximate surface area is 608 Å². The number of rotatable bonds is 4. The van der Waals surface area contributed by atoms with Gasteiger partial charge in [-0.1, -0.05) is 168 Å². The number of hydrogen-bond acceptors (Lipinski definition) is 4. The van der Waals surface area contributed by atoms with E-state index in [0.29, 0.717) is 22.1 Å². The molecule has 0 radical (unpaired) electrons. The molecule has 0 bridgehead atoms. The van der Waals surface area contributed by atoms with Crippen LogP contribution < -0.4 is 18.3 Å². The van der Waals surface area contributed by atoms with Gasteiger partial charge in [0.1, 0.15) is 50.5 Å². The third-order valence-corrected chi connectivity index (χ3v) is 20.9. The second-order valence-corrected chi connectivity index (χ2v) is 28.2. The summed E-state index contributed by atoms with van der Waals surface area (Å²) in [5.74, 6) is 0. The lowest BCUT2D eigenvalue weighted by molar-refractivity contribution is -0.659. The number of aryl methyl sites for hydroxylation is 12. The third-order valence-electron chi connectivity index (χ3n) is 20.9. The van der Waals surface area contributed by atoms with Crippen molar-refractivity contribution in [2.45, 2.75) is 55.3 Å². The van der Waals surface area contributed by atoms with Gasteiger partial charge >= 0.3 is 0 Å². The van der Waals surface area contributed by atoms with Crippen LogP contribution in [-0.4, -0.2) is 0 Å². The number of furan rings is 4. The Morgan fingerprint density at radius 3 is 0.894 bits per heavy atom. The molecule has 8 heterocycles. The molecule has 0 saturated heterocycles. The van der Waals surface area contributed by atoms with Gasteiger partial charge in [-0.3, -0.25) is 0 Å². The Morgan fingerprint density at radius 2 is 0.538 bits per heavy atom. The average Bonchev–Trinajstić information content (AvgIpc) is 1.57. The van der Waals surface area contributed by atoms with Crippen molar-refractivity contribution in [1.29, 1.82) is 0 Å². The van der Waals surface area contributed by atoms with E-state index in [1.54, 1.807) is 6.20 Å². The topological polar surface area (TPSA) is 68.1 Å². The summed E-state index contributed by atoms with van der Waals surface area (Å²) in [6.07, 6.45) is 8.10. The predicted molar refractivity (Wildman–Crippen MR) is 429 cm³/mol. The SMILES string of the molecule is Cc1ccc2cc3oc4c(-c5ccccc5C)[n+](C)ccc4c3cc2c1.Cc1ccc2cc3oc4c(-c5ccccc5C)[n+](C)ccc4c3cc2c1.Cc1ccccc1-c1c2oc3cc4ccccc4cc3c2cc[n+]1C.[2H]C([2H])([2H])c1c[n+](C)c(-c2ccccc2C)c2oc3cc4ccc(C)cc4cc3c12. The molecule has 8 aromatic heterocycles. The summed E-state index contributed by atoms with van der Waals surface area (Å²) in [5, 5.41) is 18.1. The Kier molecular flexibility index (Phi) is 15.2. The number of fused-ring (bicyclic) bond motifs is 16. The van der Waals surface area contributed by atoms with Gasteiger partial charge in [-0.2, -0.15) is 18.3 Å². The number of aromatic nitrogens is 4. The number of pyridine rings is 4. The van der Waals surface area contributed by atoms with E-state index in [9.17, 15) is 0 Å². The minimum absolute atomic E-state index is 0.308. The van der Waals surface area contributed by atoms with Gasteiger partial charge in [-0.05, 0) is 193 Å². The number of benzene rings is 12. The molecule has 0 saturated carbocycles.